The Kier molecular flexibility index (Phi) is 6.65. The number of amides is 1. The molecule has 4 heteroatoms. The first-order chi connectivity index (χ1) is 8.52. The molecule has 1 fully saturated rings. The summed E-state index contributed by atoms with van der Waals surface area (Å²) in [6.45, 7) is 10.4. The van der Waals surface area contributed by atoms with Crippen molar-refractivity contribution < 1.29 is 4.79 Å². The molecule has 0 aliphatic carbocycles. The fraction of sp³-hybridized carbons (Fsp3) is 0.929. The number of carbonyl (C=O) groups excluding carboxylic acids is 1. The quantitative estimate of drug-likeness (QED) is 0.712. The van der Waals surface area contributed by atoms with Crippen molar-refractivity contribution in [3.63, 3.8) is 0 Å². The van der Waals surface area contributed by atoms with E-state index in [2.05, 4.69) is 30.8 Å². The molecule has 0 N–H and O–H groups in total. The molecular formula is C14H29N3O. The van der Waals surface area contributed by atoms with E-state index in [1.54, 1.807) is 6.92 Å². The minimum absolute atomic E-state index is 0.230. The van der Waals surface area contributed by atoms with Crippen LogP contribution in [0.15, 0.2) is 0 Å². The first-order valence-electron chi connectivity index (χ1n) is 7.15. The number of hydrogen-bond donors (Lipinski definition) is 0. The highest BCUT2D eigenvalue weighted by Crippen LogP contribution is 2.18. The zero-order chi connectivity index (χ0) is 13.5. The molecule has 0 aromatic rings. The number of likely N-dealkylation sites (N-methyl/N-ethyl adjacent to an activating group) is 2. The molecule has 4 nitrogen and oxygen atoms in total. The second-order valence-corrected chi connectivity index (χ2v) is 5.65. The van der Waals surface area contributed by atoms with Crippen molar-refractivity contribution in [3.05, 3.63) is 0 Å². The summed E-state index contributed by atoms with van der Waals surface area (Å²) in [6, 6.07) is 0. The highest BCUT2D eigenvalue weighted by molar-refractivity contribution is 5.73. The maximum atomic E-state index is 11.3. The van der Waals surface area contributed by atoms with Crippen LogP contribution in [0.5, 0.6) is 0 Å². The zero-order valence-corrected chi connectivity index (χ0v) is 12.5. The maximum absolute atomic E-state index is 11.3. The lowest BCUT2D eigenvalue weighted by atomic mass is 9.96. The second-order valence-electron chi connectivity index (χ2n) is 5.65. The highest BCUT2D eigenvalue weighted by atomic mass is 16.2. The summed E-state index contributed by atoms with van der Waals surface area (Å²) in [5.41, 5.74) is 0. The Morgan fingerprint density at radius 3 is 2.28 bits per heavy atom. The third kappa shape index (κ3) is 5.36. The lowest BCUT2D eigenvalue weighted by molar-refractivity contribution is -0.130. The van der Waals surface area contributed by atoms with Gasteiger partial charge in [-0.05, 0) is 39.4 Å². The Morgan fingerprint density at radius 1 is 1.22 bits per heavy atom. The van der Waals surface area contributed by atoms with Crippen LogP contribution in [0.2, 0.25) is 0 Å². The molecule has 1 aliphatic rings. The first kappa shape index (κ1) is 15.4. The van der Waals surface area contributed by atoms with E-state index in [0.29, 0.717) is 0 Å². The maximum Gasteiger partial charge on any atom is 0.219 e. The van der Waals surface area contributed by atoms with Gasteiger partial charge in [-0.1, -0.05) is 6.92 Å². The van der Waals surface area contributed by atoms with Gasteiger partial charge in [-0.15, -0.1) is 0 Å². The van der Waals surface area contributed by atoms with Crippen molar-refractivity contribution >= 4 is 5.91 Å². The van der Waals surface area contributed by atoms with Gasteiger partial charge >= 0.3 is 0 Å². The van der Waals surface area contributed by atoms with Crippen molar-refractivity contribution in [1.29, 1.82) is 0 Å². The van der Waals surface area contributed by atoms with E-state index in [-0.39, 0.29) is 5.91 Å². The first-order valence-corrected chi connectivity index (χ1v) is 7.15. The third-order valence-corrected chi connectivity index (χ3v) is 3.89. The monoisotopic (exact) mass is 255 g/mol. The van der Waals surface area contributed by atoms with Gasteiger partial charge in [0, 0.05) is 39.6 Å². The topological polar surface area (TPSA) is 26.8 Å². The van der Waals surface area contributed by atoms with Crippen LogP contribution in [-0.4, -0.2) is 74.0 Å². The minimum Gasteiger partial charge on any atom is -0.343 e. The van der Waals surface area contributed by atoms with Crippen molar-refractivity contribution in [3.8, 4) is 0 Å². The van der Waals surface area contributed by atoms with Crippen LogP contribution in [-0.2, 0) is 4.79 Å². The molecule has 18 heavy (non-hydrogen) atoms. The molecule has 0 radical (unpaired) electrons. The Labute approximate surface area is 112 Å². The van der Waals surface area contributed by atoms with Gasteiger partial charge in [0.15, 0.2) is 0 Å². The number of rotatable bonds is 6. The summed E-state index contributed by atoms with van der Waals surface area (Å²) in [5, 5.41) is 0. The third-order valence-electron chi connectivity index (χ3n) is 3.89. The number of piperidine rings is 1. The van der Waals surface area contributed by atoms with Crippen LogP contribution in [0.25, 0.3) is 0 Å². The standard InChI is InChI=1S/C14H29N3O/c1-5-16(11-10-15(3)4)12-14-6-8-17(9-7-14)13(2)18/h14H,5-12H2,1-4H3. The molecule has 106 valence electrons. The highest BCUT2D eigenvalue weighted by Gasteiger charge is 2.22. The fourth-order valence-corrected chi connectivity index (χ4v) is 2.52. The van der Waals surface area contributed by atoms with Crippen LogP contribution in [0.3, 0.4) is 0 Å². The van der Waals surface area contributed by atoms with Crippen molar-refractivity contribution in [2.24, 2.45) is 5.92 Å². The number of nitrogens with zero attached hydrogens (tertiary/aromatic N) is 3. The Morgan fingerprint density at radius 2 is 1.83 bits per heavy atom. The van der Waals surface area contributed by atoms with Gasteiger partial charge in [-0.3, -0.25) is 4.79 Å². The van der Waals surface area contributed by atoms with E-state index >= 15 is 0 Å². The van der Waals surface area contributed by atoms with Crippen molar-refractivity contribution in [1.82, 2.24) is 14.7 Å². The molecule has 1 rings (SSSR count). The molecule has 0 aromatic heterocycles. The van der Waals surface area contributed by atoms with Gasteiger partial charge in [0.25, 0.3) is 0 Å². The van der Waals surface area contributed by atoms with Gasteiger partial charge < -0.3 is 14.7 Å². The van der Waals surface area contributed by atoms with E-state index in [0.717, 1.165) is 51.5 Å². The second kappa shape index (κ2) is 7.74. The van der Waals surface area contributed by atoms with E-state index in [1.807, 2.05) is 4.90 Å². The summed E-state index contributed by atoms with van der Waals surface area (Å²) in [4.78, 5) is 18.0. The van der Waals surface area contributed by atoms with Gasteiger partial charge in [0.05, 0.1) is 0 Å². The Bertz CT molecular complexity index is 247. The van der Waals surface area contributed by atoms with E-state index in [9.17, 15) is 4.79 Å². The molecule has 1 heterocycles. The van der Waals surface area contributed by atoms with Crippen LogP contribution in [0.4, 0.5) is 0 Å². The predicted octanol–water partition coefficient (Wildman–Crippen LogP) is 1.13. The Hall–Kier alpha value is -0.610. The van der Waals surface area contributed by atoms with Gasteiger partial charge in [-0.25, -0.2) is 0 Å². The average Bonchev–Trinajstić information content (AvgIpc) is 2.34. The van der Waals surface area contributed by atoms with E-state index < -0.39 is 0 Å². The molecule has 0 saturated carbocycles. The molecule has 1 amide bonds. The number of likely N-dealkylation sites (tertiary alicyclic amines) is 1. The number of carbonyl (C=O) groups is 1. The minimum atomic E-state index is 0.230. The van der Waals surface area contributed by atoms with Gasteiger partial charge in [0.2, 0.25) is 5.91 Å². The van der Waals surface area contributed by atoms with Crippen LogP contribution >= 0.6 is 0 Å². The van der Waals surface area contributed by atoms with Crippen molar-refractivity contribution in [2.45, 2.75) is 26.7 Å². The molecule has 0 unspecified atom stereocenters. The largest absolute Gasteiger partial charge is 0.343 e. The summed E-state index contributed by atoms with van der Waals surface area (Å²) >= 11 is 0. The molecule has 0 atom stereocenters. The SMILES string of the molecule is CCN(CCN(C)C)CC1CCN(C(C)=O)CC1. The van der Waals surface area contributed by atoms with Crippen LogP contribution < -0.4 is 0 Å². The predicted molar refractivity (Wildman–Crippen MR) is 75.6 cm³/mol. The zero-order valence-electron chi connectivity index (χ0n) is 12.5. The Balaban J connectivity index is 2.27. The smallest absolute Gasteiger partial charge is 0.219 e. The lowest BCUT2D eigenvalue weighted by Gasteiger charge is -2.34. The lowest BCUT2D eigenvalue weighted by Crippen LogP contribution is -2.41. The normalized spacial score (nSPS) is 17.8. The van der Waals surface area contributed by atoms with Crippen LogP contribution in [0.1, 0.15) is 26.7 Å². The van der Waals surface area contributed by atoms with Crippen molar-refractivity contribution in [2.75, 3.05) is 53.4 Å². The summed E-state index contributed by atoms with van der Waals surface area (Å²) in [6.07, 6.45) is 2.33. The van der Waals surface area contributed by atoms with Gasteiger partial charge in [-0.2, -0.15) is 0 Å². The van der Waals surface area contributed by atoms with E-state index in [4.69, 9.17) is 0 Å². The summed E-state index contributed by atoms with van der Waals surface area (Å²) in [5.74, 6) is 0.996. The summed E-state index contributed by atoms with van der Waals surface area (Å²) in [7, 11) is 4.25. The molecule has 1 saturated heterocycles. The summed E-state index contributed by atoms with van der Waals surface area (Å²) < 4.78 is 0. The van der Waals surface area contributed by atoms with E-state index in [1.165, 1.54) is 6.54 Å². The fourth-order valence-electron chi connectivity index (χ4n) is 2.52. The average molecular weight is 255 g/mol. The molecular weight excluding hydrogens is 226 g/mol. The molecule has 1 aliphatic heterocycles. The molecule has 0 bridgehead atoms. The van der Waals surface area contributed by atoms with Crippen LogP contribution in [0, 0.1) is 5.92 Å². The molecule has 0 spiro atoms. The van der Waals surface area contributed by atoms with Gasteiger partial charge in [0.1, 0.15) is 0 Å². The molecule has 0 aromatic carbocycles. The number of hydrogen-bond acceptors (Lipinski definition) is 3.